The average Bonchev–Trinajstić information content (AvgIpc) is 2.35. The molecule has 0 aliphatic heterocycles. The van der Waals surface area contributed by atoms with Crippen LogP contribution in [-0.2, 0) is 6.61 Å². The minimum Gasteiger partial charge on any atom is -0.486 e. The summed E-state index contributed by atoms with van der Waals surface area (Å²) in [5.41, 5.74) is 7.61. The smallest absolute Gasteiger partial charge is 0.168 e. The Hall–Kier alpha value is -2.30. The molecule has 19 heavy (non-hydrogen) atoms. The van der Waals surface area contributed by atoms with Gasteiger partial charge in [-0.1, -0.05) is 6.07 Å². The number of aryl methyl sites for hydroxylation is 1. The van der Waals surface area contributed by atoms with Gasteiger partial charge >= 0.3 is 0 Å². The van der Waals surface area contributed by atoms with Crippen molar-refractivity contribution in [2.75, 3.05) is 24.7 Å². The van der Waals surface area contributed by atoms with E-state index in [1.54, 1.807) is 6.07 Å². The van der Waals surface area contributed by atoms with Crippen LogP contribution in [0.5, 0.6) is 5.75 Å². The number of rotatable bonds is 4. The van der Waals surface area contributed by atoms with E-state index < -0.39 is 0 Å². The number of aromatic nitrogens is 2. The third kappa shape index (κ3) is 3.58. The SMILES string of the molecule is Cc1cc(N)nc(COc2cccc(N(C)C)c2)n1. The van der Waals surface area contributed by atoms with Crippen LogP contribution >= 0.6 is 0 Å². The Morgan fingerprint density at radius 2 is 2.00 bits per heavy atom. The Labute approximate surface area is 113 Å². The summed E-state index contributed by atoms with van der Waals surface area (Å²) in [6.07, 6.45) is 0. The summed E-state index contributed by atoms with van der Waals surface area (Å²) in [5.74, 6) is 1.84. The van der Waals surface area contributed by atoms with Gasteiger partial charge in [-0.2, -0.15) is 0 Å². The molecule has 0 radical (unpaired) electrons. The van der Waals surface area contributed by atoms with E-state index in [0.717, 1.165) is 17.1 Å². The number of nitrogens with zero attached hydrogens (tertiary/aromatic N) is 3. The van der Waals surface area contributed by atoms with Crippen molar-refractivity contribution in [1.29, 1.82) is 0 Å². The summed E-state index contributed by atoms with van der Waals surface area (Å²) in [6, 6.07) is 9.59. The monoisotopic (exact) mass is 258 g/mol. The van der Waals surface area contributed by atoms with Crippen LogP contribution in [0.15, 0.2) is 30.3 Å². The standard InChI is InChI=1S/C14H18N4O/c1-10-7-13(15)17-14(16-10)9-19-12-6-4-5-11(8-12)18(2)3/h4-8H,9H2,1-3H3,(H2,15,16,17). The van der Waals surface area contributed by atoms with Crippen LogP contribution in [0.3, 0.4) is 0 Å². The van der Waals surface area contributed by atoms with Crippen LogP contribution < -0.4 is 15.4 Å². The van der Waals surface area contributed by atoms with Crippen molar-refractivity contribution in [1.82, 2.24) is 9.97 Å². The first kappa shape index (κ1) is 13.1. The molecular formula is C14H18N4O. The molecule has 1 heterocycles. The van der Waals surface area contributed by atoms with Gasteiger partial charge in [-0.15, -0.1) is 0 Å². The molecule has 2 rings (SSSR count). The average molecular weight is 258 g/mol. The van der Waals surface area contributed by atoms with E-state index in [-0.39, 0.29) is 0 Å². The molecule has 0 unspecified atom stereocenters. The normalized spacial score (nSPS) is 10.3. The molecule has 0 fully saturated rings. The molecule has 100 valence electrons. The van der Waals surface area contributed by atoms with E-state index in [1.165, 1.54) is 0 Å². The predicted octanol–water partition coefficient (Wildman–Crippen LogP) is 2.01. The van der Waals surface area contributed by atoms with E-state index in [0.29, 0.717) is 18.2 Å². The lowest BCUT2D eigenvalue weighted by molar-refractivity contribution is 0.296. The molecule has 0 atom stereocenters. The van der Waals surface area contributed by atoms with Gasteiger partial charge in [0, 0.05) is 37.6 Å². The molecule has 0 saturated heterocycles. The number of ether oxygens (including phenoxy) is 1. The fourth-order valence-electron chi connectivity index (χ4n) is 1.72. The molecule has 0 amide bonds. The largest absolute Gasteiger partial charge is 0.486 e. The first-order chi connectivity index (χ1) is 9.04. The highest BCUT2D eigenvalue weighted by Crippen LogP contribution is 2.20. The summed E-state index contributed by atoms with van der Waals surface area (Å²) >= 11 is 0. The predicted molar refractivity (Wildman–Crippen MR) is 76.3 cm³/mol. The maximum absolute atomic E-state index is 5.69. The first-order valence-electron chi connectivity index (χ1n) is 6.05. The summed E-state index contributed by atoms with van der Waals surface area (Å²) in [6.45, 7) is 2.19. The second-order valence-electron chi connectivity index (χ2n) is 4.53. The third-order valence-corrected chi connectivity index (χ3v) is 2.62. The molecule has 5 nitrogen and oxygen atoms in total. The molecule has 0 aliphatic carbocycles. The molecule has 1 aromatic carbocycles. The number of anilines is 2. The van der Waals surface area contributed by atoms with Gasteiger partial charge in [0.1, 0.15) is 18.2 Å². The number of hydrogen-bond acceptors (Lipinski definition) is 5. The van der Waals surface area contributed by atoms with Gasteiger partial charge in [-0.25, -0.2) is 9.97 Å². The number of hydrogen-bond donors (Lipinski definition) is 1. The van der Waals surface area contributed by atoms with Gasteiger partial charge in [0.2, 0.25) is 0 Å². The van der Waals surface area contributed by atoms with Crippen molar-refractivity contribution in [2.45, 2.75) is 13.5 Å². The Bertz CT molecular complexity index is 549. The molecular weight excluding hydrogens is 240 g/mol. The van der Waals surface area contributed by atoms with E-state index in [4.69, 9.17) is 10.5 Å². The van der Waals surface area contributed by atoms with E-state index in [1.807, 2.05) is 50.2 Å². The maximum Gasteiger partial charge on any atom is 0.168 e. The van der Waals surface area contributed by atoms with Gasteiger partial charge in [0.15, 0.2) is 5.82 Å². The minimum absolute atomic E-state index is 0.308. The lowest BCUT2D eigenvalue weighted by atomic mass is 10.3. The lowest BCUT2D eigenvalue weighted by Crippen LogP contribution is -2.09. The minimum atomic E-state index is 0.308. The summed E-state index contributed by atoms with van der Waals surface area (Å²) in [4.78, 5) is 10.4. The second kappa shape index (κ2) is 5.56. The zero-order valence-electron chi connectivity index (χ0n) is 11.4. The Morgan fingerprint density at radius 3 is 2.68 bits per heavy atom. The molecule has 5 heteroatoms. The van der Waals surface area contributed by atoms with Gasteiger partial charge in [0.05, 0.1) is 0 Å². The maximum atomic E-state index is 5.69. The summed E-state index contributed by atoms with van der Waals surface area (Å²) in [7, 11) is 3.98. The van der Waals surface area contributed by atoms with Crippen LogP contribution in [0.2, 0.25) is 0 Å². The molecule has 1 aromatic heterocycles. The number of nitrogen functional groups attached to an aromatic ring is 1. The van der Waals surface area contributed by atoms with Crippen molar-refractivity contribution < 1.29 is 4.74 Å². The number of nitrogens with two attached hydrogens (primary N) is 1. The molecule has 0 saturated carbocycles. The van der Waals surface area contributed by atoms with E-state index in [2.05, 4.69) is 9.97 Å². The van der Waals surface area contributed by atoms with Crippen molar-refractivity contribution in [3.8, 4) is 5.75 Å². The van der Waals surface area contributed by atoms with Gasteiger partial charge < -0.3 is 15.4 Å². The highest BCUT2D eigenvalue weighted by Gasteiger charge is 2.03. The molecule has 2 aromatic rings. The van der Waals surface area contributed by atoms with Crippen LogP contribution in [0.4, 0.5) is 11.5 Å². The van der Waals surface area contributed by atoms with Crippen molar-refractivity contribution in [3.63, 3.8) is 0 Å². The van der Waals surface area contributed by atoms with Crippen LogP contribution in [0.25, 0.3) is 0 Å². The highest BCUT2D eigenvalue weighted by atomic mass is 16.5. The molecule has 2 N–H and O–H groups in total. The second-order valence-corrected chi connectivity index (χ2v) is 4.53. The summed E-state index contributed by atoms with van der Waals surface area (Å²) in [5, 5.41) is 0. The Balaban J connectivity index is 2.07. The summed E-state index contributed by atoms with van der Waals surface area (Å²) < 4.78 is 5.69. The van der Waals surface area contributed by atoms with Crippen molar-refractivity contribution in [2.24, 2.45) is 0 Å². The highest BCUT2D eigenvalue weighted by molar-refractivity contribution is 5.49. The Morgan fingerprint density at radius 1 is 1.21 bits per heavy atom. The zero-order valence-corrected chi connectivity index (χ0v) is 11.4. The quantitative estimate of drug-likeness (QED) is 0.908. The Kier molecular flexibility index (Phi) is 3.85. The topological polar surface area (TPSA) is 64.3 Å². The fourth-order valence-corrected chi connectivity index (χ4v) is 1.72. The van der Waals surface area contributed by atoms with Gasteiger partial charge in [-0.05, 0) is 19.1 Å². The van der Waals surface area contributed by atoms with Crippen LogP contribution in [-0.4, -0.2) is 24.1 Å². The van der Waals surface area contributed by atoms with E-state index in [9.17, 15) is 0 Å². The third-order valence-electron chi connectivity index (χ3n) is 2.62. The van der Waals surface area contributed by atoms with Gasteiger partial charge in [-0.3, -0.25) is 0 Å². The number of benzene rings is 1. The van der Waals surface area contributed by atoms with E-state index >= 15 is 0 Å². The van der Waals surface area contributed by atoms with Crippen LogP contribution in [0, 0.1) is 6.92 Å². The first-order valence-corrected chi connectivity index (χ1v) is 6.05. The van der Waals surface area contributed by atoms with Gasteiger partial charge in [0.25, 0.3) is 0 Å². The van der Waals surface area contributed by atoms with Crippen molar-refractivity contribution in [3.05, 3.63) is 41.9 Å². The molecule has 0 aliphatic rings. The van der Waals surface area contributed by atoms with Crippen LogP contribution in [0.1, 0.15) is 11.5 Å². The zero-order chi connectivity index (χ0) is 13.8. The van der Waals surface area contributed by atoms with Crippen molar-refractivity contribution >= 4 is 11.5 Å². The molecule has 0 spiro atoms. The lowest BCUT2D eigenvalue weighted by Gasteiger charge is -2.14. The molecule has 0 bridgehead atoms. The fraction of sp³-hybridized carbons (Fsp3) is 0.286.